The molecule has 0 fully saturated rings. The zero-order valence-corrected chi connectivity index (χ0v) is 9.15. The van der Waals surface area contributed by atoms with E-state index in [2.05, 4.69) is 9.57 Å². The van der Waals surface area contributed by atoms with Crippen LogP contribution in [0, 0.1) is 0 Å². The van der Waals surface area contributed by atoms with E-state index in [0.29, 0.717) is 0 Å². The number of primary amides is 1. The van der Waals surface area contributed by atoms with Crippen LogP contribution in [0.2, 0.25) is 0 Å². The number of hydroxylamine groups is 1. The minimum absolute atomic E-state index is 0.120. The summed E-state index contributed by atoms with van der Waals surface area (Å²) in [6, 6.07) is 0. The highest BCUT2D eigenvalue weighted by molar-refractivity contribution is 5.80. The highest BCUT2D eigenvalue weighted by Crippen LogP contribution is 1.91. The molecule has 3 N–H and O–H groups in total. The van der Waals surface area contributed by atoms with Gasteiger partial charge in [-0.1, -0.05) is 13.3 Å². The number of ether oxygens (including phenoxy) is 1. The van der Waals surface area contributed by atoms with Crippen molar-refractivity contribution in [3.8, 4) is 0 Å². The Labute approximate surface area is 93.2 Å². The van der Waals surface area contributed by atoms with Crippen LogP contribution in [0.1, 0.15) is 32.6 Å². The summed E-state index contributed by atoms with van der Waals surface area (Å²) in [5.74, 6) is -1.35. The molecule has 0 aromatic heterocycles. The SMILES string of the molecule is CCCCOC(=O)NOC(=O)CCC(N)=O. The third-order valence-electron chi connectivity index (χ3n) is 1.55. The van der Waals surface area contributed by atoms with Crippen LogP contribution in [-0.4, -0.2) is 24.6 Å². The highest BCUT2D eigenvalue weighted by atomic mass is 16.7. The van der Waals surface area contributed by atoms with Crippen LogP contribution in [0.25, 0.3) is 0 Å². The Bertz CT molecular complexity index is 254. The summed E-state index contributed by atoms with van der Waals surface area (Å²) in [4.78, 5) is 36.4. The average molecular weight is 232 g/mol. The summed E-state index contributed by atoms with van der Waals surface area (Å²) in [6.45, 7) is 2.21. The molecule has 0 spiro atoms. The standard InChI is InChI=1S/C9H16N2O5/c1-2-3-6-15-9(14)11-16-8(13)5-4-7(10)12/h2-6H2,1H3,(H2,10,12)(H,11,14). The maximum atomic E-state index is 10.9. The number of unbranched alkanes of at least 4 members (excludes halogenated alkanes) is 1. The van der Waals surface area contributed by atoms with E-state index in [1.165, 1.54) is 0 Å². The first-order valence-corrected chi connectivity index (χ1v) is 4.97. The lowest BCUT2D eigenvalue weighted by molar-refractivity contribution is -0.150. The summed E-state index contributed by atoms with van der Waals surface area (Å²) in [5.41, 5.74) is 6.62. The molecular weight excluding hydrogens is 216 g/mol. The zero-order valence-electron chi connectivity index (χ0n) is 9.15. The molecule has 0 radical (unpaired) electrons. The van der Waals surface area contributed by atoms with Crippen molar-refractivity contribution in [2.24, 2.45) is 5.73 Å². The van der Waals surface area contributed by atoms with E-state index in [-0.39, 0.29) is 19.4 Å². The smallest absolute Gasteiger partial charge is 0.440 e. The molecule has 0 aliphatic heterocycles. The first-order valence-electron chi connectivity index (χ1n) is 4.97. The van der Waals surface area contributed by atoms with Crippen molar-refractivity contribution >= 4 is 18.0 Å². The Morgan fingerprint density at radius 3 is 2.50 bits per heavy atom. The fraction of sp³-hybridized carbons (Fsp3) is 0.667. The molecule has 7 heteroatoms. The van der Waals surface area contributed by atoms with Gasteiger partial charge in [-0.25, -0.2) is 9.59 Å². The lowest BCUT2D eigenvalue weighted by atomic mass is 10.3. The fourth-order valence-electron chi connectivity index (χ4n) is 0.714. The summed E-state index contributed by atoms with van der Waals surface area (Å²) in [7, 11) is 0. The number of rotatable bonds is 6. The van der Waals surface area contributed by atoms with Crippen molar-refractivity contribution in [2.45, 2.75) is 32.6 Å². The van der Waals surface area contributed by atoms with Crippen molar-refractivity contribution in [2.75, 3.05) is 6.61 Å². The molecule has 0 unspecified atom stereocenters. The molecule has 2 amide bonds. The van der Waals surface area contributed by atoms with Gasteiger partial charge in [0, 0.05) is 6.42 Å². The van der Waals surface area contributed by atoms with Crippen molar-refractivity contribution in [3.63, 3.8) is 0 Å². The van der Waals surface area contributed by atoms with Crippen molar-refractivity contribution in [3.05, 3.63) is 0 Å². The molecule has 0 aliphatic rings. The monoisotopic (exact) mass is 232 g/mol. The molecule has 16 heavy (non-hydrogen) atoms. The minimum atomic E-state index is -0.833. The molecule has 0 atom stereocenters. The second-order valence-electron chi connectivity index (χ2n) is 3.03. The summed E-state index contributed by atoms with van der Waals surface area (Å²) >= 11 is 0. The van der Waals surface area contributed by atoms with Gasteiger partial charge in [-0.05, 0) is 6.42 Å². The molecule has 92 valence electrons. The largest absolute Gasteiger partial charge is 0.447 e. The molecule has 0 aliphatic carbocycles. The third kappa shape index (κ3) is 8.79. The van der Waals surface area contributed by atoms with Gasteiger partial charge in [-0.3, -0.25) is 4.79 Å². The van der Waals surface area contributed by atoms with E-state index in [9.17, 15) is 14.4 Å². The van der Waals surface area contributed by atoms with Crippen molar-refractivity contribution in [1.29, 1.82) is 0 Å². The summed E-state index contributed by atoms with van der Waals surface area (Å²) in [5, 5.41) is 0. The second kappa shape index (κ2) is 8.51. The molecule has 0 saturated heterocycles. The average Bonchev–Trinajstić information content (AvgIpc) is 2.24. The summed E-state index contributed by atoms with van der Waals surface area (Å²) in [6.07, 6.45) is 0.505. The van der Waals surface area contributed by atoms with Gasteiger partial charge >= 0.3 is 12.1 Å². The number of carbonyl (C=O) groups excluding carboxylic acids is 3. The molecule has 0 bridgehead atoms. The number of hydrogen-bond donors (Lipinski definition) is 2. The van der Waals surface area contributed by atoms with Crippen LogP contribution in [-0.2, 0) is 19.2 Å². The Kier molecular flexibility index (Phi) is 7.56. The number of amides is 2. The number of carbonyl (C=O) groups is 3. The van der Waals surface area contributed by atoms with Crippen LogP contribution >= 0.6 is 0 Å². The van der Waals surface area contributed by atoms with Gasteiger partial charge in [-0.15, -0.1) is 5.48 Å². The Morgan fingerprint density at radius 1 is 1.25 bits per heavy atom. The molecule has 0 heterocycles. The zero-order chi connectivity index (χ0) is 12.4. The first-order chi connectivity index (χ1) is 7.56. The van der Waals surface area contributed by atoms with E-state index in [4.69, 9.17) is 5.73 Å². The fourth-order valence-corrected chi connectivity index (χ4v) is 0.714. The Balaban J connectivity index is 3.51. The van der Waals surface area contributed by atoms with Crippen molar-refractivity contribution < 1.29 is 24.0 Å². The maximum Gasteiger partial charge on any atom is 0.440 e. The molecule has 0 aromatic carbocycles. The predicted octanol–water partition coefficient (Wildman–Crippen LogP) is 0.236. The molecule has 7 nitrogen and oxygen atoms in total. The van der Waals surface area contributed by atoms with Gasteiger partial charge in [0.2, 0.25) is 5.91 Å². The first kappa shape index (κ1) is 14.2. The summed E-state index contributed by atoms with van der Waals surface area (Å²) < 4.78 is 4.64. The van der Waals surface area contributed by atoms with Crippen LogP contribution in [0.15, 0.2) is 0 Å². The van der Waals surface area contributed by atoms with Gasteiger partial charge in [0.05, 0.1) is 13.0 Å². The van der Waals surface area contributed by atoms with Crippen LogP contribution in [0.3, 0.4) is 0 Å². The van der Waals surface area contributed by atoms with E-state index in [1.54, 1.807) is 5.48 Å². The molecule has 0 aromatic rings. The van der Waals surface area contributed by atoms with Crippen molar-refractivity contribution in [1.82, 2.24) is 5.48 Å². The Morgan fingerprint density at radius 2 is 1.94 bits per heavy atom. The highest BCUT2D eigenvalue weighted by Gasteiger charge is 2.08. The van der Waals surface area contributed by atoms with E-state index >= 15 is 0 Å². The van der Waals surface area contributed by atoms with E-state index in [0.717, 1.165) is 12.8 Å². The second-order valence-corrected chi connectivity index (χ2v) is 3.03. The number of nitrogens with two attached hydrogens (primary N) is 1. The van der Waals surface area contributed by atoms with Crippen LogP contribution in [0.4, 0.5) is 4.79 Å². The lowest BCUT2D eigenvalue weighted by Gasteiger charge is -2.05. The maximum absolute atomic E-state index is 10.9. The minimum Gasteiger partial charge on any atom is -0.447 e. The van der Waals surface area contributed by atoms with Gasteiger partial charge in [-0.2, -0.15) is 0 Å². The van der Waals surface area contributed by atoms with Gasteiger partial charge < -0.3 is 15.3 Å². The lowest BCUT2D eigenvalue weighted by Crippen LogP contribution is -2.28. The quantitative estimate of drug-likeness (QED) is 0.503. The molecule has 0 saturated carbocycles. The van der Waals surface area contributed by atoms with E-state index in [1.807, 2.05) is 6.92 Å². The topological polar surface area (TPSA) is 108 Å². The van der Waals surface area contributed by atoms with E-state index < -0.39 is 18.0 Å². The van der Waals surface area contributed by atoms with Gasteiger partial charge in [0.15, 0.2) is 0 Å². The van der Waals surface area contributed by atoms with Gasteiger partial charge in [0.25, 0.3) is 0 Å². The normalized spacial score (nSPS) is 9.31. The predicted molar refractivity (Wildman–Crippen MR) is 53.9 cm³/mol. The Hall–Kier alpha value is -1.79. The van der Waals surface area contributed by atoms with Gasteiger partial charge in [0.1, 0.15) is 0 Å². The molecular formula is C9H16N2O5. The van der Waals surface area contributed by atoms with Crippen LogP contribution in [0.5, 0.6) is 0 Å². The number of nitrogens with one attached hydrogen (secondary N) is 1. The number of hydrogen-bond acceptors (Lipinski definition) is 5. The van der Waals surface area contributed by atoms with Crippen LogP contribution < -0.4 is 11.2 Å². The third-order valence-corrected chi connectivity index (χ3v) is 1.55. The molecule has 0 rings (SSSR count).